The molecule has 2 N–H and O–H groups in total. The molecule has 3 amide bonds. The zero-order valence-corrected chi connectivity index (χ0v) is 22.0. The third-order valence-electron chi connectivity index (χ3n) is 5.52. The van der Waals surface area contributed by atoms with E-state index < -0.39 is 55.4 Å². The summed E-state index contributed by atoms with van der Waals surface area (Å²) in [7, 11) is 0. The first-order chi connectivity index (χ1) is 18.4. The van der Waals surface area contributed by atoms with Crippen LogP contribution >= 0.6 is 22.9 Å². The first-order valence-corrected chi connectivity index (χ1v) is 12.7. The molecule has 1 aliphatic heterocycles. The molecule has 3 rings (SSSR count). The third kappa shape index (κ3) is 8.74. The van der Waals surface area contributed by atoms with Gasteiger partial charge in [0.25, 0.3) is 11.8 Å². The fourth-order valence-corrected chi connectivity index (χ4v) is 4.72. The molecule has 1 atom stereocenters. The van der Waals surface area contributed by atoms with Gasteiger partial charge in [0.05, 0.1) is 28.1 Å². The highest BCUT2D eigenvalue weighted by atomic mass is 35.5. The summed E-state index contributed by atoms with van der Waals surface area (Å²) in [5.74, 6) is -2.60. The number of likely N-dealkylation sites (N-methyl/N-ethyl adjacent to an activating group) is 1. The number of ether oxygens (including phenoxy) is 2. The minimum atomic E-state index is -4.67. The van der Waals surface area contributed by atoms with Crippen LogP contribution < -0.4 is 20.3 Å². The number of anilines is 2. The first kappa shape index (κ1) is 30.5. The number of carbonyl (C=O) groups is 3. The van der Waals surface area contributed by atoms with Crippen LogP contribution in [-0.2, 0) is 14.3 Å². The summed E-state index contributed by atoms with van der Waals surface area (Å²) in [6.07, 6.45) is -4.67. The van der Waals surface area contributed by atoms with E-state index in [1.165, 1.54) is 36.1 Å². The number of nitrogens with zero attached hydrogens (tertiary/aromatic N) is 2. The minimum Gasteiger partial charge on any atom is -0.433 e. The Kier molecular flexibility index (Phi) is 10.5. The van der Waals surface area contributed by atoms with E-state index in [0.717, 1.165) is 22.3 Å². The van der Waals surface area contributed by atoms with Crippen molar-refractivity contribution in [2.75, 3.05) is 49.6 Å². The summed E-state index contributed by atoms with van der Waals surface area (Å²) in [6, 6.07) is 5.00. The van der Waals surface area contributed by atoms with Crippen LogP contribution in [0.1, 0.15) is 16.6 Å². The summed E-state index contributed by atoms with van der Waals surface area (Å²) in [4.78, 5) is 40.0. The fourth-order valence-electron chi connectivity index (χ4n) is 3.76. The van der Waals surface area contributed by atoms with Crippen molar-refractivity contribution in [3.8, 4) is 5.75 Å². The lowest BCUT2D eigenvalue weighted by Crippen LogP contribution is -2.53. The van der Waals surface area contributed by atoms with Gasteiger partial charge < -0.3 is 25.0 Å². The second-order valence-corrected chi connectivity index (χ2v) is 9.87. The van der Waals surface area contributed by atoms with Crippen molar-refractivity contribution >= 4 is 52.0 Å². The smallest absolute Gasteiger partial charge is 0.401 e. The van der Waals surface area contributed by atoms with Crippen molar-refractivity contribution in [2.45, 2.75) is 25.8 Å². The van der Waals surface area contributed by atoms with Crippen LogP contribution in [0.25, 0.3) is 0 Å². The second-order valence-electron chi connectivity index (χ2n) is 8.15. The van der Waals surface area contributed by atoms with Crippen LogP contribution in [0, 0.1) is 0 Å². The highest BCUT2D eigenvalue weighted by molar-refractivity contribution is 7.18. The lowest BCUT2D eigenvalue weighted by atomic mass is 10.1. The van der Waals surface area contributed by atoms with E-state index in [2.05, 4.69) is 15.4 Å². The number of alkyl halides is 5. The molecular formula is C23H24ClF5N4O5S. The number of rotatable bonds is 11. The second kappa shape index (κ2) is 13.4. The maximum Gasteiger partial charge on any atom is 0.401 e. The molecular weight excluding hydrogens is 575 g/mol. The van der Waals surface area contributed by atoms with Crippen LogP contribution in [0.2, 0.25) is 4.34 Å². The standard InChI is InChI=1S/C23H24ClF5N4O5S/c1-2-32(12-23(27,28)29)15(10-30-21(36)17-5-6-18(24)39-17)20(35)31-14-4-3-13(9-16(14)38-22(25)26)33-7-8-37-11-19(33)34/h3-6,9,15,22H,2,7-8,10-12H2,1H3,(H,30,36)(H,31,35)/t15-/m1/s1. The highest BCUT2D eigenvalue weighted by Gasteiger charge is 2.36. The van der Waals surface area contributed by atoms with Gasteiger partial charge >= 0.3 is 12.8 Å². The van der Waals surface area contributed by atoms with Gasteiger partial charge in [0.1, 0.15) is 12.6 Å². The van der Waals surface area contributed by atoms with Gasteiger partial charge in [-0.25, -0.2) is 0 Å². The van der Waals surface area contributed by atoms with Crippen molar-refractivity contribution in [2.24, 2.45) is 0 Å². The quantitative estimate of drug-likeness (QED) is 0.380. The average Bonchev–Trinajstić information content (AvgIpc) is 3.30. The number of amides is 3. The molecule has 39 heavy (non-hydrogen) atoms. The number of hydrogen-bond donors (Lipinski definition) is 2. The predicted octanol–water partition coefficient (Wildman–Crippen LogP) is 3.99. The van der Waals surface area contributed by atoms with Gasteiger partial charge in [-0.1, -0.05) is 18.5 Å². The fraction of sp³-hybridized carbons (Fsp3) is 0.435. The number of benzene rings is 1. The summed E-state index contributed by atoms with van der Waals surface area (Å²) in [6.45, 7) is -3.98. The lowest BCUT2D eigenvalue weighted by Gasteiger charge is -2.31. The van der Waals surface area contributed by atoms with Gasteiger partial charge in [0.15, 0.2) is 5.75 Å². The van der Waals surface area contributed by atoms with Gasteiger partial charge in [-0.3, -0.25) is 19.3 Å². The van der Waals surface area contributed by atoms with E-state index in [9.17, 15) is 36.3 Å². The molecule has 0 aliphatic carbocycles. The topological polar surface area (TPSA) is 100 Å². The maximum atomic E-state index is 13.3. The number of carbonyl (C=O) groups excluding carboxylic acids is 3. The number of halogens is 6. The zero-order chi connectivity index (χ0) is 28.7. The Hall–Kier alpha value is -3.01. The largest absolute Gasteiger partial charge is 0.433 e. The highest BCUT2D eigenvalue weighted by Crippen LogP contribution is 2.32. The van der Waals surface area contributed by atoms with E-state index in [4.69, 9.17) is 16.3 Å². The molecule has 214 valence electrons. The van der Waals surface area contributed by atoms with Gasteiger partial charge in [-0.2, -0.15) is 22.0 Å². The lowest BCUT2D eigenvalue weighted by molar-refractivity contribution is -0.153. The third-order valence-corrected chi connectivity index (χ3v) is 6.75. The molecule has 2 heterocycles. The maximum absolute atomic E-state index is 13.3. The van der Waals surface area contributed by atoms with Gasteiger partial charge in [-0.05, 0) is 30.8 Å². The summed E-state index contributed by atoms with van der Waals surface area (Å²) in [5, 5.41) is 4.74. The Labute approximate surface area is 228 Å². The van der Waals surface area contributed by atoms with Gasteiger partial charge in [0, 0.05) is 24.8 Å². The Balaban J connectivity index is 1.86. The van der Waals surface area contributed by atoms with Crippen LogP contribution in [0.5, 0.6) is 5.75 Å². The SMILES string of the molecule is CCN(CC(F)(F)F)[C@H](CNC(=O)c1ccc(Cl)s1)C(=O)Nc1ccc(N2CCOCC2=O)cc1OC(F)F. The Bertz CT molecular complexity index is 1180. The molecule has 1 aromatic carbocycles. The molecule has 1 aliphatic rings. The van der Waals surface area contributed by atoms with E-state index in [1.54, 1.807) is 0 Å². The van der Waals surface area contributed by atoms with E-state index in [1.807, 2.05) is 0 Å². The molecule has 0 bridgehead atoms. The molecule has 9 nitrogen and oxygen atoms in total. The van der Waals surface area contributed by atoms with E-state index in [-0.39, 0.29) is 42.6 Å². The van der Waals surface area contributed by atoms with Crippen molar-refractivity contribution in [1.29, 1.82) is 0 Å². The summed E-state index contributed by atoms with van der Waals surface area (Å²) >= 11 is 6.76. The Morgan fingerprint density at radius 1 is 1.26 bits per heavy atom. The van der Waals surface area contributed by atoms with Crippen molar-refractivity contribution < 1.29 is 45.8 Å². The number of hydrogen-bond acceptors (Lipinski definition) is 7. The normalized spacial score (nSPS) is 15.0. The first-order valence-electron chi connectivity index (χ1n) is 11.5. The Morgan fingerprint density at radius 3 is 2.59 bits per heavy atom. The summed E-state index contributed by atoms with van der Waals surface area (Å²) < 4.78 is 76.0. The molecule has 0 saturated carbocycles. The minimum absolute atomic E-state index is 0.152. The molecule has 1 saturated heterocycles. The van der Waals surface area contributed by atoms with Crippen LogP contribution in [0.3, 0.4) is 0 Å². The van der Waals surface area contributed by atoms with E-state index in [0.29, 0.717) is 4.34 Å². The van der Waals surface area contributed by atoms with Crippen LogP contribution in [0.15, 0.2) is 30.3 Å². The number of nitrogens with one attached hydrogen (secondary N) is 2. The molecule has 2 aromatic rings. The van der Waals surface area contributed by atoms with E-state index >= 15 is 0 Å². The number of morpholine rings is 1. The van der Waals surface area contributed by atoms with Crippen molar-refractivity contribution in [1.82, 2.24) is 10.2 Å². The average molecular weight is 599 g/mol. The molecule has 1 aromatic heterocycles. The zero-order valence-electron chi connectivity index (χ0n) is 20.4. The van der Waals surface area contributed by atoms with Crippen LogP contribution in [-0.4, -0.2) is 80.8 Å². The molecule has 0 unspecified atom stereocenters. The Morgan fingerprint density at radius 2 is 2.00 bits per heavy atom. The molecule has 0 radical (unpaired) electrons. The predicted molar refractivity (Wildman–Crippen MR) is 134 cm³/mol. The van der Waals surface area contributed by atoms with Gasteiger partial charge in [0.2, 0.25) is 5.91 Å². The molecule has 16 heteroatoms. The summed E-state index contributed by atoms with van der Waals surface area (Å²) in [5.41, 5.74) is -0.0724. The number of thiophene rings is 1. The molecule has 1 fully saturated rings. The molecule has 0 spiro atoms. The van der Waals surface area contributed by atoms with Crippen molar-refractivity contribution in [3.05, 3.63) is 39.5 Å². The van der Waals surface area contributed by atoms with Crippen LogP contribution in [0.4, 0.5) is 33.3 Å². The van der Waals surface area contributed by atoms with Crippen molar-refractivity contribution in [3.63, 3.8) is 0 Å². The monoisotopic (exact) mass is 598 g/mol. The van der Waals surface area contributed by atoms with Gasteiger partial charge in [-0.15, -0.1) is 11.3 Å².